The Kier molecular flexibility index (Phi) is 10.2. The first kappa shape index (κ1) is 25.9. The van der Waals surface area contributed by atoms with E-state index in [0.29, 0.717) is 24.6 Å². The molecule has 32 heavy (non-hydrogen) atoms. The molecule has 0 atom stereocenters. The van der Waals surface area contributed by atoms with Gasteiger partial charge in [-0.25, -0.2) is 0 Å². The molecular formula is C26H37NO4S. The first-order valence-corrected chi connectivity index (χ1v) is 13.2. The molecule has 0 aliphatic heterocycles. The van der Waals surface area contributed by atoms with E-state index < -0.39 is 10.1 Å². The first-order valence-electron chi connectivity index (χ1n) is 11.6. The van der Waals surface area contributed by atoms with E-state index in [9.17, 15) is 13.2 Å². The number of carbonyl (C=O) groups excluding carboxylic acids is 1. The van der Waals surface area contributed by atoms with Crippen LogP contribution in [0.15, 0.2) is 48.5 Å². The molecule has 0 saturated carbocycles. The normalized spacial score (nSPS) is 11.5. The highest BCUT2D eigenvalue weighted by molar-refractivity contribution is 7.87. The van der Waals surface area contributed by atoms with Crippen molar-refractivity contribution < 1.29 is 17.4 Å². The van der Waals surface area contributed by atoms with Crippen LogP contribution in [0.3, 0.4) is 0 Å². The average Bonchev–Trinajstić information content (AvgIpc) is 2.76. The lowest BCUT2D eigenvalue weighted by atomic mass is 10.0. The Balaban J connectivity index is 2.12. The number of unbranched alkanes of at least 4 members (excludes halogenated alkanes) is 3. The number of hydrogen-bond acceptors (Lipinski definition) is 4. The third kappa shape index (κ3) is 8.65. The molecule has 0 radical (unpaired) electrons. The summed E-state index contributed by atoms with van der Waals surface area (Å²) in [7, 11) is -3.59. The molecule has 0 aliphatic carbocycles. The second kappa shape index (κ2) is 12.6. The van der Waals surface area contributed by atoms with E-state index >= 15 is 0 Å². The van der Waals surface area contributed by atoms with Gasteiger partial charge in [-0.2, -0.15) is 8.42 Å². The Bertz CT molecular complexity index is 952. The monoisotopic (exact) mass is 459 g/mol. The van der Waals surface area contributed by atoms with Crippen molar-refractivity contribution in [2.45, 2.75) is 66.3 Å². The van der Waals surface area contributed by atoms with Crippen LogP contribution in [-0.4, -0.2) is 31.5 Å². The van der Waals surface area contributed by atoms with Crippen LogP contribution in [0, 0.1) is 5.92 Å². The zero-order valence-electron chi connectivity index (χ0n) is 19.8. The van der Waals surface area contributed by atoms with Gasteiger partial charge in [0, 0.05) is 18.7 Å². The summed E-state index contributed by atoms with van der Waals surface area (Å²) in [4.78, 5) is 15.1. The maximum atomic E-state index is 13.3. The van der Waals surface area contributed by atoms with Crippen molar-refractivity contribution in [1.82, 2.24) is 4.90 Å². The fourth-order valence-corrected chi connectivity index (χ4v) is 4.05. The average molecular weight is 460 g/mol. The van der Waals surface area contributed by atoms with Gasteiger partial charge in [-0.3, -0.25) is 4.79 Å². The van der Waals surface area contributed by atoms with E-state index in [2.05, 4.69) is 32.9 Å². The van der Waals surface area contributed by atoms with Gasteiger partial charge < -0.3 is 9.08 Å². The summed E-state index contributed by atoms with van der Waals surface area (Å²) in [6.07, 6.45) is 5.94. The Hall–Kier alpha value is -2.34. The Morgan fingerprint density at radius 2 is 1.69 bits per heavy atom. The van der Waals surface area contributed by atoms with Gasteiger partial charge in [0.25, 0.3) is 5.91 Å². The number of carbonyl (C=O) groups is 1. The summed E-state index contributed by atoms with van der Waals surface area (Å²) < 4.78 is 28.7. The Morgan fingerprint density at radius 1 is 0.969 bits per heavy atom. The molecule has 0 spiro atoms. The highest BCUT2D eigenvalue weighted by Crippen LogP contribution is 2.19. The lowest BCUT2D eigenvalue weighted by molar-refractivity contribution is 0.0722. The standard InChI is InChI=1S/C26H37NO4S/c1-5-7-8-9-11-22-14-16-24(17-15-22)26(28)27(19-21(3)4)20-23-12-10-13-25(18-23)31-32(29,30)6-2/h10,12-18,21H,5-9,11,19-20H2,1-4H3. The van der Waals surface area contributed by atoms with E-state index in [1.54, 1.807) is 25.1 Å². The number of hydrogen-bond donors (Lipinski definition) is 0. The number of amides is 1. The molecule has 2 aromatic rings. The molecule has 0 saturated heterocycles. The van der Waals surface area contributed by atoms with Gasteiger partial charge in [0.15, 0.2) is 0 Å². The molecule has 6 heteroatoms. The maximum Gasteiger partial charge on any atom is 0.308 e. The largest absolute Gasteiger partial charge is 0.382 e. The van der Waals surface area contributed by atoms with E-state index in [4.69, 9.17) is 4.18 Å². The highest BCUT2D eigenvalue weighted by Gasteiger charge is 2.18. The van der Waals surface area contributed by atoms with Crippen molar-refractivity contribution in [3.8, 4) is 5.75 Å². The molecule has 5 nitrogen and oxygen atoms in total. The van der Waals surface area contributed by atoms with Crippen LogP contribution in [0.1, 0.15) is 74.9 Å². The molecule has 2 aromatic carbocycles. The number of rotatable bonds is 13. The lowest BCUT2D eigenvalue weighted by Gasteiger charge is -2.25. The van der Waals surface area contributed by atoms with Crippen molar-refractivity contribution in [3.63, 3.8) is 0 Å². The van der Waals surface area contributed by atoms with Crippen LogP contribution < -0.4 is 4.18 Å². The molecule has 1 amide bonds. The summed E-state index contributed by atoms with van der Waals surface area (Å²) in [6.45, 7) is 8.90. The zero-order valence-corrected chi connectivity index (χ0v) is 20.7. The van der Waals surface area contributed by atoms with E-state index in [1.807, 2.05) is 23.1 Å². The predicted octanol–water partition coefficient (Wildman–Crippen LogP) is 5.84. The summed E-state index contributed by atoms with van der Waals surface area (Å²) in [6, 6.07) is 14.9. The SMILES string of the molecule is CCCCCCc1ccc(C(=O)N(Cc2cccc(OS(=O)(=O)CC)c2)CC(C)C)cc1. The molecule has 0 N–H and O–H groups in total. The molecule has 176 valence electrons. The van der Waals surface area contributed by atoms with Crippen molar-refractivity contribution in [2.24, 2.45) is 5.92 Å². The maximum absolute atomic E-state index is 13.3. The van der Waals surface area contributed by atoms with Gasteiger partial charge in [0.2, 0.25) is 0 Å². The number of benzene rings is 2. The lowest BCUT2D eigenvalue weighted by Crippen LogP contribution is -2.33. The van der Waals surface area contributed by atoms with Crippen LogP contribution in [0.4, 0.5) is 0 Å². The second-order valence-corrected chi connectivity index (χ2v) is 10.5. The molecule has 2 rings (SSSR count). The van der Waals surface area contributed by atoms with E-state index in [0.717, 1.165) is 12.0 Å². The van der Waals surface area contributed by atoms with E-state index in [1.165, 1.54) is 31.2 Å². The molecule has 0 aliphatic rings. The quantitative estimate of drug-likeness (QED) is 0.279. The summed E-state index contributed by atoms with van der Waals surface area (Å²) >= 11 is 0. The number of aryl methyl sites for hydroxylation is 1. The summed E-state index contributed by atoms with van der Waals surface area (Å²) in [5.74, 6) is 0.457. The minimum absolute atomic E-state index is 0.0243. The summed E-state index contributed by atoms with van der Waals surface area (Å²) in [5, 5.41) is 0. The molecule has 0 aromatic heterocycles. The van der Waals surface area contributed by atoms with E-state index in [-0.39, 0.29) is 17.4 Å². The predicted molar refractivity (Wildman–Crippen MR) is 130 cm³/mol. The fourth-order valence-electron chi connectivity index (χ4n) is 3.53. The van der Waals surface area contributed by atoms with Crippen LogP contribution in [0.5, 0.6) is 5.75 Å². The molecule has 0 heterocycles. The van der Waals surface area contributed by atoms with Gasteiger partial charge in [0.05, 0.1) is 5.75 Å². The zero-order chi connectivity index (χ0) is 23.6. The molecular weight excluding hydrogens is 422 g/mol. The Labute approximate surface area is 193 Å². The van der Waals surface area contributed by atoms with Crippen LogP contribution in [-0.2, 0) is 23.1 Å². The second-order valence-electron chi connectivity index (χ2n) is 8.66. The molecule has 0 bridgehead atoms. The van der Waals surface area contributed by atoms with Crippen LogP contribution >= 0.6 is 0 Å². The minimum atomic E-state index is -3.59. The third-order valence-electron chi connectivity index (χ3n) is 5.24. The molecule has 0 fully saturated rings. The van der Waals surface area contributed by atoms with Gasteiger partial charge >= 0.3 is 10.1 Å². The van der Waals surface area contributed by atoms with Gasteiger partial charge in [0.1, 0.15) is 5.75 Å². The van der Waals surface area contributed by atoms with Crippen LogP contribution in [0.2, 0.25) is 0 Å². The number of nitrogens with zero attached hydrogens (tertiary/aromatic N) is 1. The van der Waals surface area contributed by atoms with Gasteiger partial charge in [-0.05, 0) is 61.1 Å². The first-order chi connectivity index (χ1) is 15.2. The highest BCUT2D eigenvalue weighted by atomic mass is 32.2. The molecule has 0 unspecified atom stereocenters. The smallest absolute Gasteiger partial charge is 0.308 e. The van der Waals surface area contributed by atoms with Crippen molar-refractivity contribution in [1.29, 1.82) is 0 Å². The topological polar surface area (TPSA) is 63.7 Å². The minimum Gasteiger partial charge on any atom is -0.382 e. The summed E-state index contributed by atoms with van der Waals surface area (Å²) in [5.41, 5.74) is 2.76. The van der Waals surface area contributed by atoms with Gasteiger partial charge in [-0.1, -0.05) is 64.3 Å². The van der Waals surface area contributed by atoms with Crippen molar-refractivity contribution in [2.75, 3.05) is 12.3 Å². The third-order valence-corrected chi connectivity index (χ3v) is 6.39. The fraction of sp³-hybridized carbons (Fsp3) is 0.500. The van der Waals surface area contributed by atoms with Gasteiger partial charge in [-0.15, -0.1) is 0 Å². The van der Waals surface area contributed by atoms with Crippen molar-refractivity contribution >= 4 is 16.0 Å². The Morgan fingerprint density at radius 3 is 2.31 bits per heavy atom. The van der Waals surface area contributed by atoms with Crippen molar-refractivity contribution in [3.05, 3.63) is 65.2 Å². The van der Waals surface area contributed by atoms with Crippen LogP contribution in [0.25, 0.3) is 0 Å².